The fourth-order valence-electron chi connectivity index (χ4n) is 2.79. The quantitative estimate of drug-likeness (QED) is 0.560. The van der Waals surface area contributed by atoms with Crippen molar-refractivity contribution in [1.82, 2.24) is 5.43 Å². The molecule has 1 rings (SSSR count). The van der Waals surface area contributed by atoms with Crippen molar-refractivity contribution in [1.29, 1.82) is 0 Å². The Labute approximate surface area is 117 Å². The summed E-state index contributed by atoms with van der Waals surface area (Å²) in [4.78, 5) is 0. The lowest BCUT2D eigenvalue weighted by Gasteiger charge is -2.39. The van der Waals surface area contributed by atoms with Gasteiger partial charge in [-0.05, 0) is 44.2 Å². The van der Waals surface area contributed by atoms with Crippen LogP contribution < -0.4 is 11.3 Å². The van der Waals surface area contributed by atoms with Crippen molar-refractivity contribution >= 4 is 0 Å². The van der Waals surface area contributed by atoms with E-state index in [9.17, 15) is 0 Å². The van der Waals surface area contributed by atoms with Gasteiger partial charge >= 0.3 is 0 Å². The minimum absolute atomic E-state index is 0.128. The van der Waals surface area contributed by atoms with Gasteiger partial charge < -0.3 is 4.74 Å². The van der Waals surface area contributed by atoms with E-state index in [4.69, 9.17) is 10.6 Å². The highest BCUT2D eigenvalue weighted by Gasteiger charge is 2.36. The third-order valence-electron chi connectivity index (χ3n) is 4.15. The Morgan fingerprint density at radius 3 is 2.32 bits per heavy atom. The summed E-state index contributed by atoms with van der Waals surface area (Å²) in [5.41, 5.74) is 5.43. The van der Waals surface area contributed by atoms with Crippen LogP contribution in [0.4, 0.5) is 0 Å². The fourth-order valence-corrected chi connectivity index (χ4v) is 2.79. The molecular weight excluding hydrogens is 236 g/mol. The van der Waals surface area contributed by atoms with E-state index in [0.29, 0.717) is 6.61 Å². The first-order chi connectivity index (χ1) is 9.13. The minimum atomic E-state index is -0.189. The Kier molecular flexibility index (Phi) is 6.49. The molecule has 3 N–H and O–H groups in total. The molecule has 0 aromatic heterocycles. The highest BCUT2D eigenvalue weighted by molar-refractivity contribution is 5.27. The van der Waals surface area contributed by atoms with E-state index in [1.54, 1.807) is 0 Å². The molecule has 0 radical (unpaired) electrons. The van der Waals surface area contributed by atoms with Crippen molar-refractivity contribution in [2.24, 2.45) is 5.84 Å². The number of hydrogen-bond donors (Lipinski definition) is 2. The summed E-state index contributed by atoms with van der Waals surface area (Å²) >= 11 is 0. The van der Waals surface area contributed by atoms with Crippen LogP contribution in [-0.2, 0) is 11.2 Å². The van der Waals surface area contributed by atoms with E-state index < -0.39 is 0 Å². The van der Waals surface area contributed by atoms with E-state index in [2.05, 4.69) is 50.5 Å². The van der Waals surface area contributed by atoms with Crippen molar-refractivity contribution in [3.8, 4) is 0 Å². The first-order valence-electron chi connectivity index (χ1n) is 7.28. The van der Waals surface area contributed by atoms with Crippen LogP contribution in [0.5, 0.6) is 0 Å². The van der Waals surface area contributed by atoms with Gasteiger partial charge in [0.15, 0.2) is 0 Å². The lowest BCUT2D eigenvalue weighted by molar-refractivity contribution is -0.0719. The van der Waals surface area contributed by atoms with Gasteiger partial charge in [-0.25, -0.2) is 0 Å². The average molecular weight is 264 g/mol. The lowest BCUT2D eigenvalue weighted by atomic mass is 9.84. The maximum absolute atomic E-state index is 6.05. The SMILES string of the molecule is CCOC(CC)(CC)C(Cc1ccccc1C)NN. The Bertz CT molecular complexity index is 375. The molecule has 19 heavy (non-hydrogen) atoms. The molecule has 3 heteroatoms. The monoisotopic (exact) mass is 264 g/mol. The maximum atomic E-state index is 6.05. The van der Waals surface area contributed by atoms with Crippen molar-refractivity contribution < 1.29 is 4.74 Å². The second kappa shape index (κ2) is 7.63. The topological polar surface area (TPSA) is 47.3 Å². The van der Waals surface area contributed by atoms with E-state index in [1.807, 2.05) is 6.92 Å². The number of hydrazine groups is 1. The molecule has 108 valence electrons. The molecule has 1 unspecified atom stereocenters. The van der Waals surface area contributed by atoms with Gasteiger partial charge in [-0.3, -0.25) is 11.3 Å². The zero-order valence-electron chi connectivity index (χ0n) is 12.7. The molecule has 1 aromatic carbocycles. The zero-order valence-corrected chi connectivity index (χ0v) is 12.7. The number of rotatable bonds is 8. The molecule has 3 nitrogen and oxygen atoms in total. The van der Waals surface area contributed by atoms with Crippen molar-refractivity contribution in [3.63, 3.8) is 0 Å². The number of benzene rings is 1. The molecule has 0 bridgehead atoms. The van der Waals surface area contributed by atoms with E-state index in [0.717, 1.165) is 19.3 Å². The molecule has 0 saturated carbocycles. The van der Waals surface area contributed by atoms with Gasteiger partial charge in [-0.2, -0.15) is 0 Å². The summed E-state index contributed by atoms with van der Waals surface area (Å²) in [7, 11) is 0. The number of aryl methyl sites for hydroxylation is 1. The van der Waals surface area contributed by atoms with Gasteiger partial charge in [0.1, 0.15) is 0 Å². The Morgan fingerprint density at radius 2 is 1.84 bits per heavy atom. The predicted octanol–water partition coefficient (Wildman–Crippen LogP) is 2.96. The second-order valence-electron chi connectivity index (χ2n) is 5.05. The van der Waals surface area contributed by atoms with Crippen LogP contribution in [0.25, 0.3) is 0 Å². The predicted molar refractivity (Wildman–Crippen MR) is 80.9 cm³/mol. The molecule has 0 aliphatic heterocycles. The van der Waals surface area contributed by atoms with Gasteiger partial charge in [-0.15, -0.1) is 0 Å². The van der Waals surface area contributed by atoms with Crippen molar-refractivity contribution in [2.45, 2.75) is 58.6 Å². The molecule has 0 saturated heterocycles. The van der Waals surface area contributed by atoms with E-state index >= 15 is 0 Å². The Hall–Kier alpha value is -0.900. The van der Waals surface area contributed by atoms with Crippen LogP contribution in [0.15, 0.2) is 24.3 Å². The van der Waals surface area contributed by atoms with Crippen molar-refractivity contribution in [2.75, 3.05) is 6.61 Å². The molecule has 0 fully saturated rings. The summed E-state index contributed by atoms with van der Waals surface area (Å²) < 4.78 is 6.05. The highest BCUT2D eigenvalue weighted by atomic mass is 16.5. The third-order valence-corrected chi connectivity index (χ3v) is 4.15. The summed E-state index contributed by atoms with van der Waals surface area (Å²) in [6.45, 7) is 9.24. The lowest BCUT2D eigenvalue weighted by Crippen LogP contribution is -2.55. The normalized spacial score (nSPS) is 13.5. The maximum Gasteiger partial charge on any atom is 0.0846 e. The molecule has 0 heterocycles. The average Bonchev–Trinajstić information content (AvgIpc) is 2.44. The first-order valence-corrected chi connectivity index (χ1v) is 7.28. The van der Waals surface area contributed by atoms with Crippen LogP contribution in [0, 0.1) is 6.92 Å². The largest absolute Gasteiger partial charge is 0.374 e. The summed E-state index contributed by atoms with van der Waals surface area (Å²) in [6, 6.07) is 8.59. The smallest absolute Gasteiger partial charge is 0.0846 e. The van der Waals surface area contributed by atoms with Crippen LogP contribution in [0.1, 0.15) is 44.7 Å². The Morgan fingerprint density at radius 1 is 1.21 bits per heavy atom. The molecule has 0 amide bonds. The molecule has 1 aromatic rings. The zero-order chi connectivity index (χ0) is 14.3. The summed E-state index contributed by atoms with van der Waals surface area (Å²) in [5, 5.41) is 0. The Balaban J connectivity index is 2.95. The van der Waals surface area contributed by atoms with E-state index in [1.165, 1.54) is 11.1 Å². The summed E-state index contributed by atoms with van der Waals surface area (Å²) in [6.07, 6.45) is 2.81. The molecule has 0 spiro atoms. The van der Waals surface area contributed by atoms with Crippen LogP contribution >= 0.6 is 0 Å². The van der Waals surface area contributed by atoms with Crippen molar-refractivity contribution in [3.05, 3.63) is 35.4 Å². The number of nitrogens with one attached hydrogen (secondary N) is 1. The number of nitrogens with two attached hydrogens (primary N) is 1. The van der Waals surface area contributed by atoms with Gasteiger partial charge in [0.2, 0.25) is 0 Å². The molecule has 0 aliphatic rings. The van der Waals surface area contributed by atoms with Gasteiger partial charge in [0, 0.05) is 6.61 Å². The standard InChI is InChI=1S/C16H28N2O/c1-5-16(6-2,19-7-3)15(18-17)12-14-11-9-8-10-13(14)4/h8-11,15,18H,5-7,12,17H2,1-4H3. The minimum Gasteiger partial charge on any atom is -0.374 e. The number of hydrogen-bond acceptors (Lipinski definition) is 3. The molecular formula is C16H28N2O. The van der Waals surface area contributed by atoms with E-state index in [-0.39, 0.29) is 11.6 Å². The van der Waals surface area contributed by atoms with Crippen LogP contribution in [0.2, 0.25) is 0 Å². The van der Waals surface area contributed by atoms with Crippen LogP contribution in [-0.4, -0.2) is 18.2 Å². The third kappa shape index (κ3) is 3.78. The second-order valence-corrected chi connectivity index (χ2v) is 5.05. The fraction of sp³-hybridized carbons (Fsp3) is 0.625. The number of ether oxygens (including phenoxy) is 1. The molecule has 1 atom stereocenters. The van der Waals surface area contributed by atoms with Gasteiger partial charge in [0.25, 0.3) is 0 Å². The van der Waals surface area contributed by atoms with Gasteiger partial charge in [0.05, 0.1) is 11.6 Å². The first kappa shape index (κ1) is 16.2. The summed E-state index contributed by atoms with van der Waals surface area (Å²) in [5.74, 6) is 5.81. The highest BCUT2D eigenvalue weighted by Crippen LogP contribution is 2.27. The molecule has 0 aliphatic carbocycles. The van der Waals surface area contributed by atoms with Crippen LogP contribution in [0.3, 0.4) is 0 Å². The van der Waals surface area contributed by atoms with Gasteiger partial charge in [-0.1, -0.05) is 38.1 Å².